The van der Waals surface area contributed by atoms with Crippen LogP contribution in [0.25, 0.3) is 0 Å². The lowest BCUT2D eigenvalue weighted by Gasteiger charge is -2.07. The molecule has 3 N–H and O–H groups in total. The molecule has 0 fully saturated rings. The maximum Gasteiger partial charge on any atom is 0.272 e. The van der Waals surface area contributed by atoms with Crippen LogP contribution in [0, 0.1) is 5.41 Å². The Bertz CT molecular complexity index is 524. The molecular formula is C12H18F2N6O. The minimum absolute atomic E-state index is 0.0256. The monoisotopic (exact) mass is 300 g/mol. The molecule has 0 saturated carbocycles. The standard InChI is InChI=1S/C12H18F2N6O/c1-3-9(21-6-10(13)14)4-17-11(16)5-20-12(8(2)15)18-7-19-20/h3-4,7-8,10,16H,5-6,15H2,1-2H3/b9-3+,16-11?,17-4-. The second-order valence-electron chi connectivity index (χ2n) is 4.16. The van der Waals surface area contributed by atoms with Crippen molar-refractivity contribution >= 4 is 12.1 Å². The first kappa shape index (κ1) is 16.9. The molecule has 1 unspecified atom stereocenters. The number of hydrogen-bond donors (Lipinski definition) is 2. The maximum absolute atomic E-state index is 12.0. The highest BCUT2D eigenvalue weighted by atomic mass is 19.3. The molecule has 116 valence electrons. The zero-order valence-electron chi connectivity index (χ0n) is 11.8. The van der Waals surface area contributed by atoms with Crippen molar-refractivity contribution < 1.29 is 13.5 Å². The van der Waals surface area contributed by atoms with Crippen LogP contribution in [0.2, 0.25) is 0 Å². The molecule has 1 aromatic rings. The lowest BCUT2D eigenvalue weighted by atomic mass is 10.3. The number of nitrogens with two attached hydrogens (primary N) is 1. The van der Waals surface area contributed by atoms with E-state index in [0.29, 0.717) is 5.82 Å². The molecule has 0 aliphatic carbocycles. The third kappa shape index (κ3) is 5.78. The van der Waals surface area contributed by atoms with E-state index in [4.69, 9.17) is 15.9 Å². The van der Waals surface area contributed by atoms with E-state index < -0.39 is 13.0 Å². The molecule has 0 aromatic carbocycles. The average Bonchev–Trinajstić information content (AvgIpc) is 2.86. The van der Waals surface area contributed by atoms with Crippen LogP contribution in [0.15, 0.2) is 23.2 Å². The molecule has 0 bridgehead atoms. The van der Waals surface area contributed by atoms with Gasteiger partial charge in [-0.25, -0.2) is 23.4 Å². The molecule has 21 heavy (non-hydrogen) atoms. The molecule has 0 aliphatic rings. The van der Waals surface area contributed by atoms with Crippen LogP contribution in [-0.4, -0.2) is 39.8 Å². The Morgan fingerprint density at radius 2 is 2.33 bits per heavy atom. The summed E-state index contributed by atoms with van der Waals surface area (Å²) in [6.07, 6.45) is 1.49. The van der Waals surface area contributed by atoms with Crippen LogP contribution in [-0.2, 0) is 11.3 Å². The van der Waals surface area contributed by atoms with Gasteiger partial charge in [0.1, 0.15) is 36.9 Å². The molecule has 1 rings (SSSR count). The number of aliphatic imine (C=N–C) groups is 1. The largest absolute Gasteiger partial charge is 0.486 e. The van der Waals surface area contributed by atoms with E-state index in [1.165, 1.54) is 23.3 Å². The van der Waals surface area contributed by atoms with Crippen molar-refractivity contribution in [1.29, 1.82) is 5.41 Å². The first-order valence-electron chi connectivity index (χ1n) is 6.26. The molecule has 0 amide bonds. The van der Waals surface area contributed by atoms with Gasteiger partial charge in [0.15, 0.2) is 0 Å². The summed E-state index contributed by atoms with van der Waals surface area (Å²) in [5.41, 5.74) is 5.71. The number of rotatable bonds is 7. The SMILES string of the molecule is C/C=C(\C=N/C(=N)Cn1ncnc1C(C)N)OCC(F)F. The van der Waals surface area contributed by atoms with Crippen molar-refractivity contribution in [2.45, 2.75) is 32.9 Å². The van der Waals surface area contributed by atoms with Crippen molar-refractivity contribution in [1.82, 2.24) is 14.8 Å². The van der Waals surface area contributed by atoms with Gasteiger partial charge in [-0.1, -0.05) is 0 Å². The van der Waals surface area contributed by atoms with E-state index in [-0.39, 0.29) is 24.2 Å². The number of halogens is 2. The van der Waals surface area contributed by atoms with Gasteiger partial charge in [0.2, 0.25) is 0 Å². The fourth-order valence-corrected chi connectivity index (χ4v) is 1.43. The number of allylic oxidation sites excluding steroid dienone is 2. The average molecular weight is 300 g/mol. The zero-order chi connectivity index (χ0) is 15.8. The number of alkyl halides is 2. The van der Waals surface area contributed by atoms with E-state index in [1.54, 1.807) is 13.8 Å². The van der Waals surface area contributed by atoms with Gasteiger partial charge >= 0.3 is 0 Å². The van der Waals surface area contributed by atoms with Gasteiger partial charge in [-0.05, 0) is 19.9 Å². The summed E-state index contributed by atoms with van der Waals surface area (Å²) < 4.78 is 30.3. The highest BCUT2D eigenvalue weighted by Crippen LogP contribution is 2.05. The topological polar surface area (TPSA) is 102 Å². The van der Waals surface area contributed by atoms with Gasteiger partial charge in [-0.2, -0.15) is 5.10 Å². The first-order valence-corrected chi connectivity index (χ1v) is 6.26. The van der Waals surface area contributed by atoms with E-state index >= 15 is 0 Å². The molecule has 9 heteroatoms. The number of amidine groups is 1. The Morgan fingerprint density at radius 3 is 2.90 bits per heavy atom. The van der Waals surface area contributed by atoms with E-state index in [0.717, 1.165) is 0 Å². The van der Waals surface area contributed by atoms with Crippen LogP contribution in [0.5, 0.6) is 0 Å². The van der Waals surface area contributed by atoms with Crippen LogP contribution in [0.3, 0.4) is 0 Å². The fraction of sp³-hybridized carbons (Fsp3) is 0.500. The summed E-state index contributed by atoms with van der Waals surface area (Å²) >= 11 is 0. The Hall–Kier alpha value is -2.16. The molecule has 0 spiro atoms. The van der Waals surface area contributed by atoms with Gasteiger partial charge in [0.05, 0.1) is 12.3 Å². The van der Waals surface area contributed by atoms with E-state index in [9.17, 15) is 8.78 Å². The third-order valence-corrected chi connectivity index (χ3v) is 2.36. The molecule has 0 saturated heterocycles. The Labute approximate surface area is 121 Å². The van der Waals surface area contributed by atoms with Gasteiger partial charge in [0.25, 0.3) is 6.43 Å². The zero-order valence-corrected chi connectivity index (χ0v) is 11.8. The van der Waals surface area contributed by atoms with Gasteiger partial charge in [0, 0.05) is 0 Å². The summed E-state index contributed by atoms with van der Waals surface area (Å²) in [5.74, 6) is 0.684. The third-order valence-electron chi connectivity index (χ3n) is 2.36. The summed E-state index contributed by atoms with van der Waals surface area (Å²) in [4.78, 5) is 7.83. The predicted octanol–water partition coefficient (Wildman–Crippen LogP) is 1.53. The van der Waals surface area contributed by atoms with Crippen LogP contribution in [0.1, 0.15) is 25.7 Å². The Kier molecular flexibility index (Phi) is 6.60. The summed E-state index contributed by atoms with van der Waals surface area (Å²) in [5, 5.41) is 11.7. The van der Waals surface area contributed by atoms with Crippen molar-refractivity contribution in [2.24, 2.45) is 10.7 Å². The van der Waals surface area contributed by atoms with Crippen molar-refractivity contribution in [3.63, 3.8) is 0 Å². The van der Waals surface area contributed by atoms with Gasteiger partial charge in [-0.3, -0.25) is 5.41 Å². The highest BCUT2D eigenvalue weighted by molar-refractivity contribution is 5.91. The number of nitrogens with one attached hydrogen (secondary N) is 1. The van der Waals surface area contributed by atoms with E-state index in [2.05, 4.69) is 15.1 Å². The smallest absolute Gasteiger partial charge is 0.272 e. The normalized spacial score (nSPS) is 13.9. The van der Waals surface area contributed by atoms with Crippen molar-refractivity contribution in [3.05, 3.63) is 24.0 Å². The summed E-state index contributed by atoms with van der Waals surface area (Å²) in [7, 11) is 0. The molecule has 1 atom stereocenters. The fourth-order valence-electron chi connectivity index (χ4n) is 1.43. The first-order chi connectivity index (χ1) is 9.93. The predicted molar refractivity (Wildman–Crippen MR) is 74.6 cm³/mol. The maximum atomic E-state index is 12.0. The van der Waals surface area contributed by atoms with Gasteiger partial charge in [-0.15, -0.1) is 0 Å². The van der Waals surface area contributed by atoms with Crippen LogP contribution < -0.4 is 5.73 Å². The minimum atomic E-state index is -2.56. The van der Waals surface area contributed by atoms with Crippen LogP contribution >= 0.6 is 0 Å². The Morgan fingerprint density at radius 1 is 1.62 bits per heavy atom. The second kappa shape index (κ2) is 8.20. The number of ether oxygens (including phenoxy) is 1. The molecular weight excluding hydrogens is 282 g/mol. The summed E-state index contributed by atoms with van der Waals surface area (Å²) in [6.45, 7) is 2.75. The number of hydrogen-bond acceptors (Lipinski definition) is 5. The summed E-state index contributed by atoms with van der Waals surface area (Å²) in [6, 6.07) is -0.315. The highest BCUT2D eigenvalue weighted by Gasteiger charge is 2.10. The molecule has 1 heterocycles. The molecule has 0 radical (unpaired) electrons. The molecule has 1 aromatic heterocycles. The lowest BCUT2D eigenvalue weighted by molar-refractivity contribution is 0.0549. The molecule has 7 nitrogen and oxygen atoms in total. The minimum Gasteiger partial charge on any atom is -0.486 e. The van der Waals surface area contributed by atoms with Crippen LogP contribution in [0.4, 0.5) is 8.78 Å². The van der Waals surface area contributed by atoms with E-state index in [1.807, 2.05) is 0 Å². The Balaban J connectivity index is 2.60. The van der Waals surface area contributed by atoms with Crippen molar-refractivity contribution in [2.75, 3.05) is 6.61 Å². The quantitative estimate of drug-likeness (QED) is 0.453. The van der Waals surface area contributed by atoms with Gasteiger partial charge < -0.3 is 10.5 Å². The molecule has 0 aliphatic heterocycles. The number of aromatic nitrogens is 3. The second-order valence-corrected chi connectivity index (χ2v) is 4.16. The lowest BCUT2D eigenvalue weighted by Crippen LogP contribution is -2.18. The number of nitrogens with zero attached hydrogens (tertiary/aromatic N) is 4. The van der Waals surface area contributed by atoms with Crippen molar-refractivity contribution in [3.8, 4) is 0 Å².